The van der Waals surface area contributed by atoms with Crippen molar-refractivity contribution >= 4 is 5.91 Å². The highest BCUT2D eigenvalue weighted by atomic mass is 16.5. The summed E-state index contributed by atoms with van der Waals surface area (Å²) in [5, 5.41) is 12.1. The SMILES string of the molecule is C[C@H]1CCCCN1C(=O)Cn1nnc(COc2ccccc2)n1. The number of hydrogen-bond donors (Lipinski definition) is 0. The fraction of sp³-hybridized carbons (Fsp3) is 0.500. The summed E-state index contributed by atoms with van der Waals surface area (Å²) in [6.07, 6.45) is 3.32. The Kier molecular flexibility index (Phi) is 4.85. The van der Waals surface area contributed by atoms with E-state index >= 15 is 0 Å². The first-order valence-electron chi connectivity index (χ1n) is 7.96. The summed E-state index contributed by atoms with van der Waals surface area (Å²) in [5.74, 6) is 1.26. The van der Waals surface area contributed by atoms with Crippen LogP contribution in [0.2, 0.25) is 0 Å². The van der Waals surface area contributed by atoms with Crippen molar-refractivity contribution in [2.45, 2.75) is 45.4 Å². The van der Waals surface area contributed by atoms with Gasteiger partial charge in [-0.05, 0) is 43.5 Å². The van der Waals surface area contributed by atoms with E-state index in [9.17, 15) is 4.79 Å². The summed E-state index contributed by atoms with van der Waals surface area (Å²) in [4.78, 5) is 15.6. The number of hydrogen-bond acceptors (Lipinski definition) is 5. The fourth-order valence-corrected chi connectivity index (χ4v) is 2.75. The average molecular weight is 315 g/mol. The zero-order valence-electron chi connectivity index (χ0n) is 13.3. The Labute approximate surface area is 135 Å². The van der Waals surface area contributed by atoms with Crippen LogP contribution in [-0.2, 0) is 17.9 Å². The number of benzene rings is 1. The zero-order valence-corrected chi connectivity index (χ0v) is 13.3. The van der Waals surface area contributed by atoms with Crippen LogP contribution in [0.4, 0.5) is 0 Å². The van der Waals surface area contributed by atoms with Gasteiger partial charge in [-0.15, -0.1) is 10.2 Å². The Hall–Kier alpha value is -2.44. The van der Waals surface area contributed by atoms with Crippen LogP contribution < -0.4 is 4.74 Å². The van der Waals surface area contributed by atoms with Crippen LogP contribution >= 0.6 is 0 Å². The highest BCUT2D eigenvalue weighted by Gasteiger charge is 2.23. The van der Waals surface area contributed by atoms with Crippen LogP contribution in [0.5, 0.6) is 5.75 Å². The molecule has 1 aromatic carbocycles. The van der Waals surface area contributed by atoms with Crippen LogP contribution in [0.15, 0.2) is 30.3 Å². The molecule has 23 heavy (non-hydrogen) atoms. The molecule has 1 atom stereocenters. The second-order valence-electron chi connectivity index (χ2n) is 5.77. The standard InChI is InChI=1S/C16H21N5O2/c1-13-7-5-6-10-20(13)16(22)11-21-18-15(17-19-21)12-23-14-8-3-2-4-9-14/h2-4,8-9,13H,5-7,10-12H2,1H3/t13-/m0/s1. The number of likely N-dealkylation sites (tertiary alicyclic amines) is 1. The molecule has 0 bridgehead atoms. The molecule has 3 rings (SSSR count). The molecule has 7 heteroatoms. The normalized spacial score (nSPS) is 18.0. The summed E-state index contributed by atoms with van der Waals surface area (Å²) >= 11 is 0. The molecular weight excluding hydrogens is 294 g/mol. The molecule has 1 aromatic heterocycles. The van der Waals surface area contributed by atoms with Crippen molar-refractivity contribution in [2.24, 2.45) is 0 Å². The Morgan fingerprint density at radius 2 is 2.13 bits per heavy atom. The van der Waals surface area contributed by atoms with E-state index in [4.69, 9.17) is 4.74 Å². The summed E-state index contributed by atoms with van der Waals surface area (Å²) in [6, 6.07) is 9.75. The Morgan fingerprint density at radius 1 is 1.30 bits per heavy atom. The van der Waals surface area contributed by atoms with E-state index in [1.807, 2.05) is 35.2 Å². The van der Waals surface area contributed by atoms with Crippen LogP contribution in [-0.4, -0.2) is 43.6 Å². The fourth-order valence-electron chi connectivity index (χ4n) is 2.75. The Bertz CT molecular complexity index is 643. The highest BCUT2D eigenvalue weighted by molar-refractivity contribution is 5.76. The van der Waals surface area contributed by atoms with E-state index in [1.165, 1.54) is 11.2 Å². The molecule has 0 radical (unpaired) electrons. The number of nitrogens with zero attached hydrogens (tertiary/aromatic N) is 5. The Balaban J connectivity index is 1.53. The van der Waals surface area contributed by atoms with Crippen LogP contribution in [0.3, 0.4) is 0 Å². The lowest BCUT2D eigenvalue weighted by Crippen LogP contribution is -2.43. The number of carbonyl (C=O) groups is 1. The summed E-state index contributed by atoms with van der Waals surface area (Å²) in [5.41, 5.74) is 0. The molecule has 1 saturated heterocycles. The molecule has 1 aliphatic rings. The lowest BCUT2D eigenvalue weighted by molar-refractivity contribution is -0.135. The molecule has 0 N–H and O–H groups in total. The van der Waals surface area contributed by atoms with Gasteiger partial charge in [0.05, 0.1) is 0 Å². The van der Waals surface area contributed by atoms with Gasteiger partial charge in [0.2, 0.25) is 11.7 Å². The summed E-state index contributed by atoms with van der Waals surface area (Å²) in [6.45, 7) is 3.27. The maximum absolute atomic E-state index is 12.3. The molecule has 0 saturated carbocycles. The first kappa shape index (κ1) is 15.5. The molecule has 1 aliphatic heterocycles. The van der Waals surface area contributed by atoms with E-state index in [1.54, 1.807) is 0 Å². The minimum absolute atomic E-state index is 0.0464. The van der Waals surface area contributed by atoms with Gasteiger partial charge in [0.15, 0.2) is 6.61 Å². The number of aromatic nitrogens is 4. The molecule has 7 nitrogen and oxygen atoms in total. The van der Waals surface area contributed by atoms with E-state index in [0.29, 0.717) is 11.9 Å². The van der Waals surface area contributed by atoms with Crippen molar-refractivity contribution in [3.8, 4) is 5.75 Å². The van der Waals surface area contributed by atoms with Crippen molar-refractivity contribution in [3.05, 3.63) is 36.2 Å². The minimum atomic E-state index is 0.0464. The summed E-state index contributed by atoms with van der Waals surface area (Å²) in [7, 11) is 0. The van der Waals surface area contributed by atoms with Crippen LogP contribution in [0.1, 0.15) is 32.0 Å². The number of rotatable bonds is 5. The molecule has 2 aromatic rings. The predicted molar refractivity (Wildman–Crippen MR) is 83.6 cm³/mol. The minimum Gasteiger partial charge on any atom is -0.485 e. The molecular formula is C16H21N5O2. The number of para-hydroxylation sites is 1. The van der Waals surface area contributed by atoms with Crippen molar-refractivity contribution in [1.29, 1.82) is 0 Å². The smallest absolute Gasteiger partial charge is 0.246 e. The van der Waals surface area contributed by atoms with Crippen LogP contribution in [0.25, 0.3) is 0 Å². The third kappa shape index (κ3) is 4.06. The molecule has 0 unspecified atom stereocenters. The first-order chi connectivity index (χ1) is 11.2. The molecule has 1 amide bonds. The summed E-state index contributed by atoms with van der Waals surface area (Å²) < 4.78 is 5.57. The molecule has 2 heterocycles. The zero-order chi connectivity index (χ0) is 16.1. The average Bonchev–Trinajstić information content (AvgIpc) is 3.02. The van der Waals surface area contributed by atoms with Crippen molar-refractivity contribution in [2.75, 3.05) is 6.54 Å². The number of piperidine rings is 1. The lowest BCUT2D eigenvalue weighted by atomic mass is 10.0. The van der Waals surface area contributed by atoms with Crippen LogP contribution in [0, 0.1) is 0 Å². The third-order valence-electron chi connectivity index (χ3n) is 4.01. The van der Waals surface area contributed by atoms with Crippen molar-refractivity contribution < 1.29 is 9.53 Å². The first-order valence-corrected chi connectivity index (χ1v) is 7.96. The maximum Gasteiger partial charge on any atom is 0.246 e. The quantitative estimate of drug-likeness (QED) is 0.839. The molecule has 1 fully saturated rings. The lowest BCUT2D eigenvalue weighted by Gasteiger charge is -2.33. The van der Waals surface area contributed by atoms with E-state index < -0.39 is 0 Å². The maximum atomic E-state index is 12.3. The predicted octanol–water partition coefficient (Wildman–Crippen LogP) is 1.65. The van der Waals surface area contributed by atoms with Crippen molar-refractivity contribution in [1.82, 2.24) is 25.1 Å². The topological polar surface area (TPSA) is 73.1 Å². The number of amides is 1. The second kappa shape index (κ2) is 7.21. The van der Waals surface area contributed by atoms with Gasteiger partial charge in [-0.3, -0.25) is 4.79 Å². The third-order valence-corrected chi connectivity index (χ3v) is 4.01. The van der Waals surface area contributed by atoms with E-state index in [2.05, 4.69) is 22.3 Å². The highest BCUT2D eigenvalue weighted by Crippen LogP contribution is 2.16. The largest absolute Gasteiger partial charge is 0.485 e. The van der Waals surface area contributed by atoms with Gasteiger partial charge >= 0.3 is 0 Å². The van der Waals surface area contributed by atoms with Gasteiger partial charge in [0, 0.05) is 12.6 Å². The number of carbonyl (C=O) groups excluding carboxylic acids is 1. The number of tetrazole rings is 1. The Morgan fingerprint density at radius 3 is 2.91 bits per heavy atom. The molecule has 122 valence electrons. The number of ether oxygens (including phenoxy) is 1. The molecule has 0 aliphatic carbocycles. The van der Waals surface area contributed by atoms with Gasteiger partial charge in [0.1, 0.15) is 12.3 Å². The molecule has 0 spiro atoms. The van der Waals surface area contributed by atoms with Gasteiger partial charge in [-0.2, -0.15) is 4.80 Å². The van der Waals surface area contributed by atoms with E-state index in [0.717, 1.165) is 25.1 Å². The second-order valence-corrected chi connectivity index (χ2v) is 5.77. The van der Waals surface area contributed by atoms with Gasteiger partial charge in [-0.25, -0.2) is 0 Å². The monoisotopic (exact) mass is 315 g/mol. The van der Waals surface area contributed by atoms with Gasteiger partial charge < -0.3 is 9.64 Å². The van der Waals surface area contributed by atoms with Gasteiger partial charge in [0.25, 0.3) is 0 Å². The van der Waals surface area contributed by atoms with Crippen molar-refractivity contribution in [3.63, 3.8) is 0 Å². The van der Waals surface area contributed by atoms with Gasteiger partial charge in [-0.1, -0.05) is 18.2 Å². The van der Waals surface area contributed by atoms with E-state index in [-0.39, 0.29) is 19.1 Å².